The Bertz CT molecular complexity index is 1100. The second-order valence-electron chi connectivity index (χ2n) is 10.9. The van der Waals surface area contributed by atoms with E-state index in [0.717, 1.165) is 42.2 Å². The number of piperidine rings is 1. The van der Waals surface area contributed by atoms with Crippen molar-refractivity contribution in [1.82, 2.24) is 19.8 Å². The minimum absolute atomic E-state index is 0.0640. The molecule has 2 aliphatic heterocycles. The molecule has 1 aliphatic carbocycles. The first kappa shape index (κ1) is 26.6. The highest BCUT2D eigenvalue weighted by Gasteiger charge is 2.42. The van der Waals surface area contributed by atoms with Crippen molar-refractivity contribution in [2.75, 3.05) is 13.1 Å². The number of carbonyl (C=O) groups is 2. The highest BCUT2D eigenvalue weighted by molar-refractivity contribution is 7.89. The largest absolute Gasteiger partial charge is 0.353 e. The molecule has 0 radical (unpaired) electrons. The Kier molecular flexibility index (Phi) is 7.75. The number of benzene rings is 1. The Balaban J connectivity index is 1.41. The van der Waals surface area contributed by atoms with Crippen LogP contribution in [0.3, 0.4) is 0 Å². The predicted octanol–water partition coefficient (Wildman–Crippen LogP) is 2.84. The zero-order chi connectivity index (χ0) is 26.1. The van der Waals surface area contributed by atoms with Crippen LogP contribution in [-0.2, 0) is 19.6 Å². The minimum atomic E-state index is -4.01. The normalized spacial score (nSPS) is 27.5. The highest BCUT2D eigenvalue weighted by atomic mass is 32.2. The number of halogens is 1. The molecule has 1 aromatic rings. The van der Waals surface area contributed by atoms with E-state index in [9.17, 15) is 22.4 Å². The van der Waals surface area contributed by atoms with E-state index in [1.165, 1.54) is 24.5 Å². The van der Waals surface area contributed by atoms with Crippen LogP contribution in [0.5, 0.6) is 0 Å². The fourth-order valence-electron chi connectivity index (χ4n) is 5.61. The molecule has 1 aromatic carbocycles. The Morgan fingerprint density at radius 1 is 1.14 bits per heavy atom. The topological polar surface area (TPSA) is 98.8 Å². The molecule has 2 heterocycles. The number of rotatable bonds is 6. The van der Waals surface area contributed by atoms with Crippen LogP contribution < -0.4 is 10.6 Å². The average molecular weight is 521 g/mol. The molecule has 3 aliphatic rings. The van der Waals surface area contributed by atoms with Crippen LogP contribution in [0, 0.1) is 12.3 Å². The third kappa shape index (κ3) is 5.75. The molecule has 2 amide bonds. The number of aryl methyl sites for hydroxylation is 1. The third-order valence-corrected chi connectivity index (χ3v) is 9.64. The van der Waals surface area contributed by atoms with Gasteiger partial charge < -0.3 is 15.5 Å². The van der Waals surface area contributed by atoms with Gasteiger partial charge in [-0.3, -0.25) is 13.9 Å². The van der Waals surface area contributed by atoms with Crippen LogP contribution in [0.25, 0.3) is 0 Å². The second-order valence-corrected chi connectivity index (χ2v) is 12.8. The molecule has 0 bridgehead atoms. The summed E-state index contributed by atoms with van der Waals surface area (Å²) in [6.45, 7) is 7.65. The molecule has 3 atom stereocenters. The number of hydrogen-bond donors (Lipinski definition) is 2. The number of amides is 2. The van der Waals surface area contributed by atoms with E-state index in [1.54, 1.807) is 12.1 Å². The monoisotopic (exact) mass is 520 g/mol. The molecule has 0 spiro atoms. The van der Waals surface area contributed by atoms with E-state index < -0.39 is 28.1 Å². The van der Waals surface area contributed by atoms with Gasteiger partial charge in [0.25, 0.3) is 10.0 Å². The smallest absolute Gasteiger partial charge is 0.264 e. The lowest BCUT2D eigenvalue weighted by atomic mass is 9.70. The minimum Gasteiger partial charge on any atom is -0.353 e. The number of sulfonamides is 1. The zero-order valence-electron chi connectivity index (χ0n) is 21.2. The molecule has 2 fully saturated rings. The maximum Gasteiger partial charge on any atom is 0.264 e. The van der Waals surface area contributed by atoms with E-state index >= 15 is 0 Å². The summed E-state index contributed by atoms with van der Waals surface area (Å²) in [5.74, 6) is -0.896. The predicted molar refractivity (Wildman–Crippen MR) is 135 cm³/mol. The van der Waals surface area contributed by atoms with Crippen molar-refractivity contribution in [2.45, 2.75) is 88.5 Å². The molecular weight excluding hydrogens is 483 g/mol. The first-order chi connectivity index (χ1) is 17.0. The van der Waals surface area contributed by atoms with Crippen molar-refractivity contribution >= 4 is 21.8 Å². The second kappa shape index (κ2) is 10.5. The van der Waals surface area contributed by atoms with Gasteiger partial charge in [-0.1, -0.05) is 31.5 Å². The van der Waals surface area contributed by atoms with Crippen LogP contribution in [0.1, 0.15) is 57.9 Å². The van der Waals surface area contributed by atoms with Gasteiger partial charge >= 0.3 is 0 Å². The summed E-state index contributed by atoms with van der Waals surface area (Å²) in [4.78, 5) is 28.2. The Hall–Kier alpha value is -2.46. The molecule has 4 rings (SSSR count). The van der Waals surface area contributed by atoms with Crippen LogP contribution in [0.15, 0.2) is 41.6 Å². The Labute approximate surface area is 213 Å². The number of hydrogen-bond acceptors (Lipinski definition) is 5. The number of nitrogens with one attached hydrogen (secondary N) is 2. The van der Waals surface area contributed by atoms with Gasteiger partial charge in [-0.25, -0.2) is 12.8 Å². The van der Waals surface area contributed by atoms with Crippen molar-refractivity contribution in [2.24, 2.45) is 5.41 Å². The summed E-state index contributed by atoms with van der Waals surface area (Å²) in [6, 6.07) is 5.48. The Morgan fingerprint density at radius 3 is 2.44 bits per heavy atom. The summed E-state index contributed by atoms with van der Waals surface area (Å²) in [6.07, 6.45) is 5.33. The maximum atomic E-state index is 13.6. The summed E-state index contributed by atoms with van der Waals surface area (Å²) in [5, 5.41) is 5.61. The van der Waals surface area contributed by atoms with E-state index in [1.807, 2.05) is 6.92 Å². The van der Waals surface area contributed by atoms with Gasteiger partial charge in [0.1, 0.15) is 12.2 Å². The van der Waals surface area contributed by atoms with Crippen LogP contribution >= 0.6 is 0 Å². The lowest BCUT2D eigenvalue weighted by Crippen LogP contribution is -2.56. The maximum absolute atomic E-state index is 13.6. The molecular formula is C26H37FN4O4S. The highest BCUT2D eigenvalue weighted by Crippen LogP contribution is 2.39. The zero-order valence-corrected chi connectivity index (χ0v) is 22.1. The first-order valence-electron chi connectivity index (χ1n) is 12.7. The van der Waals surface area contributed by atoms with Crippen molar-refractivity contribution in [1.29, 1.82) is 0 Å². The van der Waals surface area contributed by atoms with E-state index in [0.29, 0.717) is 18.9 Å². The van der Waals surface area contributed by atoms with E-state index in [2.05, 4.69) is 29.4 Å². The average Bonchev–Trinajstić information content (AvgIpc) is 2.82. The van der Waals surface area contributed by atoms with Gasteiger partial charge in [0.05, 0.1) is 11.3 Å². The molecule has 8 nitrogen and oxygen atoms in total. The molecule has 198 valence electrons. The SMILES string of the molecule is Cc1ccc(S(=O)(=O)N2C=CNC(=O)[C@H]2CC(=O)N[C@@H]2CCC(N3CCC(F)CC3)CC2(C)C)cc1. The quantitative estimate of drug-likeness (QED) is 0.601. The summed E-state index contributed by atoms with van der Waals surface area (Å²) < 4.78 is 41.1. The fourth-order valence-corrected chi connectivity index (χ4v) is 7.06. The molecule has 2 N–H and O–H groups in total. The van der Waals surface area contributed by atoms with Crippen LogP contribution in [0.4, 0.5) is 4.39 Å². The molecule has 10 heteroatoms. The van der Waals surface area contributed by atoms with Crippen LogP contribution in [-0.4, -0.2) is 66.8 Å². The molecule has 0 aromatic heterocycles. The Morgan fingerprint density at radius 2 is 1.81 bits per heavy atom. The molecule has 1 unspecified atom stereocenters. The van der Waals surface area contributed by atoms with Gasteiger partial charge in [0, 0.05) is 37.6 Å². The van der Waals surface area contributed by atoms with Gasteiger partial charge in [-0.2, -0.15) is 0 Å². The number of nitrogens with zero attached hydrogens (tertiary/aromatic N) is 2. The summed E-state index contributed by atoms with van der Waals surface area (Å²) >= 11 is 0. The van der Waals surface area contributed by atoms with Gasteiger partial charge in [-0.15, -0.1) is 0 Å². The summed E-state index contributed by atoms with van der Waals surface area (Å²) in [5.41, 5.74) is 0.731. The lowest BCUT2D eigenvalue weighted by molar-refractivity contribution is -0.130. The summed E-state index contributed by atoms with van der Waals surface area (Å²) in [7, 11) is -4.01. The van der Waals surface area contributed by atoms with Gasteiger partial charge in [-0.05, 0) is 56.6 Å². The lowest BCUT2D eigenvalue weighted by Gasteiger charge is -2.47. The van der Waals surface area contributed by atoms with Crippen LogP contribution in [0.2, 0.25) is 0 Å². The van der Waals surface area contributed by atoms with Crippen molar-refractivity contribution in [3.8, 4) is 0 Å². The number of likely N-dealkylation sites (tertiary alicyclic amines) is 1. The number of carbonyl (C=O) groups excluding carboxylic acids is 2. The third-order valence-electron chi connectivity index (χ3n) is 7.84. The number of alkyl halides is 1. The standard InChI is InChI=1S/C26H37FN4O4S/c1-18-4-7-21(8-5-18)36(34,35)31-15-12-28-25(33)22(31)16-24(32)29-23-9-6-20(17-26(23,2)3)30-13-10-19(27)11-14-30/h4-5,7-8,12,15,19-20,22-23H,6,9-11,13-14,16-17H2,1-3H3,(H,28,33)(H,29,32)/t20?,22-,23-/m1/s1. The van der Waals surface area contributed by atoms with E-state index in [-0.39, 0.29) is 28.7 Å². The first-order valence-corrected chi connectivity index (χ1v) is 14.2. The van der Waals surface area contributed by atoms with Crippen molar-refractivity contribution in [3.63, 3.8) is 0 Å². The van der Waals surface area contributed by atoms with E-state index in [4.69, 9.17) is 0 Å². The van der Waals surface area contributed by atoms with Gasteiger partial charge in [0.15, 0.2) is 0 Å². The van der Waals surface area contributed by atoms with Crippen molar-refractivity contribution in [3.05, 3.63) is 42.2 Å². The molecule has 1 saturated carbocycles. The molecule has 1 saturated heterocycles. The fraction of sp³-hybridized carbons (Fsp3) is 0.615. The van der Waals surface area contributed by atoms with Crippen molar-refractivity contribution < 1.29 is 22.4 Å². The molecule has 36 heavy (non-hydrogen) atoms. The van der Waals surface area contributed by atoms with Gasteiger partial charge in [0.2, 0.25) is 11.8 Å².